The standard InChI is InChI=1S/C8H6Br2S4/c1-11-7-3(9)5-6(13-7)4(10)8(12-2)14-5/h1-2H3. The first-order chi connectivity index (χ1) is 6.69. The molecule has 0 fully saturated rings. The van der Waals surface area contributed by atoms with Crippen LogP contribution >= 0.6 is 78.1 Å². The summed E-state index contributed by atoms with van der Waals surface area (Å²) in [7, 11) is 0. The Hall–Kier alpha value is 1.32. The van der Waals surface area contributed by atoms with Crippen molar-refractivity contribution in [1.29, 1.82) is 0 Å². The lowest BCUT2D eigenvalue weighted by Gasteiger charge is -1.91. The monoisotopic (exact) mass is 388 g/mol. The zero-order valence-corrected chi connectivity index (χ0v) is 13.8. The molecule has 0 aromatic carbocycles. The highest BCUT2D eigenvalue weighted by Gasteiger charge is 2.17. The largest absolute Gasteiger partial charge is 0.125 e. The molecule has 2 heterocycles. The van der Waals surface area contributed by atoms with Gasteiger partial charge in [0.05, 0.1) is 26.8 Å². The maximum absolute atomic E-state index is 3.66. The quantitative estimate of drug-likeness (QED) is 0.583. The Labute approximate surface area is 116 Å². The van der Waals surface area contributed by atoms with Crippen LogP contribution < -0.4 is 0 Å². The molecule has 0 amide bonds. The van der Waals surface area contributed by atoms with Crippen LogP contribution in [0.25, 0.3) is 9.40 Å². The van der Waals surface area contributed by atoms with E-state index in [1.165, 1.54) is 26.8 Å². The normalized spacial score (nSPS) is 11.4. The molecule has 14 heavy (non-hydrogen) atoms. The Morgan fingerprint density at radius 3 is 1.50 bits per heavy atom. The van der Waals surface area contributed by atoms with E-state index < -0.39 is 0 Å². The van der Waals surface area contributed by atoms with E-state index in [0.29, 0.717) is 0 Å². The van der Waals surface area contributed by atoms with E-state index >= 15 is 0 Å². The van der Waals surface area contributed by atoms with Gasteiger partial charge in [0.1, 0.15) is 0 Å². The highest BCUT2D eigenvalue weighted by molar-refractivity contribution is 9.11. The van der Waals surface area contributed by atoms with Gasteiger partial charge in [-0.25, -0.2) is 0 Å². The lowest BCUT2D eigenvalue weighted by molar-refractivity contribution is 1.70. The first-order valence-electron chi connectivity index (χ1n) is 3.67. The molecule has 0 aliphatic rings. The Balaban J connectivity index is 2.72. The number of hydrogen-bond acceptors (Lipinski definition) is 4. The van der Waals surface area contributed by atoms with Crippen LogP contribution in [-0.4, -0.2) is 12.5 Å². The Morgan fingerprint density at radius 1 is 0.857 bits per heavy atom. The van der Waals surface area contributed by atoms with Crippen molar-refractivity contribution in [1.82, 2.24) is 0 Å². The second-order valence-corrected chi connectivity index (χ2v) is 8.25. The van der Waals surface area contributed by atoms with E-state index in [9.17, 15) is 0 Å². The van der Waals surface area contributed by atoms with Crippen LogP contribution in [0.3, 0.4) is 0 Å². The van der Waals surface area contributed by atoms with Crippen molar-refractivity contribution >= 4 is 87.5 Å². The first kappa shape index (κ1) is 11.8. The summed E-state index contributed by atoms with van der Waals surface area (Å²) < 4.78 is 7.98. The molecular formula is C8H6Br2S4. The molecule has 0 spiro atoms. The lowest BCUT2D eigenvalue weighted by atomic mass is 10.5. The van der Waals surface area contributed by atoms with Gasteiger partial charge in [0, 0.05) is 0 Å². The predicted octanol–water partition coefficient (Wildman–Crippen LogP) is 5.93. The molecule has 0 saturated carbocycles. The molecule has 0 bridgehead atoms. The van der Waals surface area contributed by atoms with Gasteiger partial charge in [0.2, 0.25) is 0 Å². The smallest absolute Gasteiger partial charge is 0.0760 e. The number of rotatable bonds is 2. The van der Waals surface area contributed by atoms with Gasteiger partial charge in [0.15, 0.2) is 0 Å². The summed E-state index contributed by atoms with van der Waals surface area (Å²) >= 11 is 14.6. The molecule has 0 atom stereocenters. The van der Waals surface area contributed by atoms with Crippen molar-refractivity contribution in [3.8, 4) is 0 Å². The maximum atomic E-state index is 3.66. The summed E-state index contributed by atoms with van der Waals surface area (Å²) in [6.45, 7) is 0. The minimum absolute atomic E-state index is 1.26. The van der Waals surface area contributed by atoms with Gasteiger partial charge >= 0.3 is 0 Å². The number of fused-ring (bicyclic) bond motifs is 1. The Bertz CT molecular complexity index is 427. The summed E-state index contributed by atoms with van der Waals surface area (Å²) in [6.07, 6.45) is 4.23. The van der Waals surface area contributed by atoms with Gasteiger partial charge in [-0.2, -0.15) is 0 Å². The molecule has 0 radical (unpaired) electrons. The maximum Gasteiger partial charge on any atom is 0.0760 e. The van der Waals surface area contributed by atoms with E-state index in [1.54, 1.807) is 23.5 Å². The van der Waals surface area contributed by atoms with Crippen LogP contribution in [0.4, 0.5) is 0 Å². The predicted molar refractivity (Wildman–Crippen MR) is 78.7 cm³/mol. The molecule has 0 unspecified atom stereocenters. The van der Waals surface area contributed by atoms with Gasteiger partial charge in [0.25, 0.3) is 0 Å². The third-order valence-corrected chi connectivity index (χ3v) is 9.67. The molecular weight excluding hydrogens is 384 g/mol. The van der Waals surface area contributed by atoms with Crippen molar-refractivity contribution in [3.63, 3.8) is 0 Å². The second kappa shape index (κ2) is 4.67. The van der Waals surface area contributed by atoms with Crippen molar-refractivity contribution in [2.45, 2.75) is 8.42 Å². The fourth-order valence-corrected chi connectivity index (χ4v) is 7.47. The topological polar surface area (TPSA) is 0 Å². The average molecular weight is 390 g/mol. The summed E-state index contributed by atoms with van der Waals surface area (Å²) in [5.74, 6) is 0. The highest BCUT2D eigenvalue weighted by atomic mass is 79.9. The molecule has 76 valence electrons. The van der Waals surface area contributed by atoms with Gasteiger partial charge in [-0.1, -0.05) is 0 Å². The summed E-state index contributed by atoms with van der Waals surface area (Å²) in [5.41, 5.74) is 0. The fourth-order valence-electron chi connectivity index (χ4n) is 1.10. The van der Waals surface area contributed by atoms with Crippen LogP contribution in [0.5, 0.6) is 0 Å². The van der Waals surface area contributed by atoms with Crippen LogP contribution in [-0.2, 0) is 0 Å². The van der Waals surface area contributed by atoms with Crippen molar-refractivity contribution in [2.24, 2.45) is 0 Å². The SMILES string of the molecule is CSc1sc2c(Br)c(SC)sc2c1Br. The Morgan fingerprint density at radius 2 is 1.21 bits per heavy atom. The van der Waals surface area contributed by atoms with E-state index in [0.717, 1.165) is 0 Å². The third-order valence-electron chi connectivity index (χ3n) is 1.72. The van der Waals surface area contributed by atoms with Crippen LogP contribution in [0, 0.1) is 0 Å². The third kappa shape index (κ3) is 1.82. The number of hydrogen-bond donors (Lipinski definition) is 0. The van der Waals surface area contributed by atoms with Crippen molar-refractivity contribution in [3.05, 3.63) is 8.95 Å². The van der Waals surface area contributed by atoms with E-state index in [4.69, 9.17) is 0 Å². The highest BCUT2D eigenvalue weighted by Crippen LogP contribution is 2.51. The summed E-state index contributed by atoms with van der Waals surface area (Å²) in [5, 5.41) is 0. The number of thioether (sulfide) groups is 2. The molecule has 2 aromatic heterocycles. The molecule has 0 saturated heterocycles. The minimum Gasteiger partial charge on any atom is -0.125 e. The van der Waals surface area contributed by atoms with E-state index in [1.807, 2.05) is 22.7 Å². The molecule has 0 nitrogen and oxygen atoms in total. The summed E-state index contributed by atoms with van der Waals surface area (Å²) in [4.78, 5) is 0. The average Bonchev–Trinajstić information content (AvgIpc) is 2.66. The van der Waals surface area contributed by atoms with Crippen LogP contribution in [0.1, 0.15) is 0 Å². The van der Waals surface area contributed by atoms with Crippen molar-refractivity contribution in [2.75, 3.05) is 12.5 Å². The van der Waals surface area contributed by atoms with Gasteiger partial charge in [-0.15, -0.1) is 46.2 Å². The zero-order valence-electron chi connectivity index (χ0n) is 7.39. The van der Waals surface area contributed by atoms with Crippen LogP contribution in [0.2, 0.25) is 0 Å². The molecule has 0 aliphatic carbocycles. The Kier molecular flexibility index (Phi) is 3.94. The lowest BCUT2D eigenvalue weighted by Crippen LogP contribution is -1.58. The summed E-state index contributed by atoms with van der Waals surface area (Å²) in [6, 6.07) is 0. The van der Waals surface area contributed by atoms with Crippen molar-refractivity contribution < 1.29 is 0 Å². The van der Waals surface area contributed by atoms with Gasteiger partial charge < -0.3 is 0 Å². The molecule has 2 aromatic rings. The minimum atomic E-state index is 1.26. The van der Waals surface area contributed by atoms with Gasteiger partial charge in [-0.3, -0.25) is 0 Å². The number of thiophene rings is 2. The van der Waals surface area contributed by atoms with E-state index in [-0.39, 0.29) is 0 Å². The molecule has 0 aliphatic heterocycles. The first-order valence-corrected chi connectivity index (χ1v) is 9.34. The fraction of sp³-hybridized carbons (Fsp3) is 0.250. The molecule has 0 N–H and O–H groups in total. The number of halogens is 2. The van der Waals surface area contributed by atoms with Gasteiger partial charge in [-0.05, 0) is 44.4 Å². The van der Waals surface area contributed by atoms with E-state index in [2.05, 4.69) is 44.4 Å². The second-order valence-electron chi connectivity index (χ2n) is 2.47. The molecule has 6 heteroatoms. The van der Waals surface area contributed by atoms with Crippen LogP contribution in [0.15, 0.2) is 17.4 Å². The molecule has 2 rings (SSSR count). The zero-order chi connectivity index (χ0) is 10.3.